The Labute approximate surface area is 148 Å². The monoisotopic (exact) mass is 425 g/mol. The van der Waals surface area contributed by atoms with E-state index >= 15 is 0 Å². The summed E-state index contributed by atoms with van der Waals surface area (Å²) in [6.07, 6.45) is 0. The quantitative estimate of drug-likeness (QED) is 0.290. The van der Waals surface area contributed by atoms with E-state index in [2.05, 4.69) is 15.6 Å². The molecule has 0 bridgehead atoms. The lowest BCUT2D eigenvalue weighted by Gasteiger charge is -2.12. The van der Waals surface area contributed by atoms with Crippen molar-refractivity contribution >= 4 is 29.9 Å². The Morgan fingerprint density at radius 2 is 2.00 bits per heavy atom. The fourth-order valence-corrected chi connectivity index (χ4v) is 1.71. The van der Waals surface area contributed by atoms with Gasteiger partial charge in [0.1, 0.15) is 5.82 Å². The topological polar surface area (TPSA) is 54.9 Å². The number of hydrogen-bond donors (Lipinski definition) is 2. The molecule has 0 atom stereocenters. The lowest BCUT2D eigenvalue weighted by molar-refractivity contribution is 0.0733. The molecular formula is C15H25FIN3O2. The fourth-order valence-electron chi connectivity index (χ4n) is 1.71. The van der Waals surface area contributed by atoms with Crippen molar-refractivity contribution in [3.63, 3.8) is 0 Å². The summed E-state index contributed by atoms with van der Waals surface area (Å²) in [7, 11) is 3.35. The Morgan fingerprint density at radius 1 is 1.23 bits per heavy atom. The second kappa shape index (κ2) is 12.6. The number of aliphatic imine (C=N–C) groups is 1. The molecule has 0 fully saturated rings. The lowest BCUT2D eigenvalue weighted by atomic mass is 10.1. The molecule has 0 amide bonds. The summed E-state index contributed by atoms with van der Waals surface area (Å²) in [5, 5.41) is 6.31. The number of halogens is 2. The lowest BCUT2D eigenvalue weighted by Crippen LogP contribution is -2.38. The van der Waals surface area contributed by atoms with Crippen molar-refractivity contribution in [3.8, 4) is 0 Å². The van der Waals surface area contributed by atoms with E-state index < -0.39 is 0 Å². The summed E-state index contributed by atoms with van der Waals surface area (Å²) in [5.74, 6) is 0.502. The SMILES string of the molecule is CN=C(NCCOCCOC)NCc1ccc(F)c(C)c1.I. The summed E-state index contributed by atoms with van der Waals surface area (Å²) in [4.78, 5) is 4.12. The number of aryl methyl sites for hydroxylation is 1. The average molecular weight is 425 g/mol. The Morgan fingerprint density at radius 3 is 2.64 bits per heavy atom. The minimum absolute atomic E-state index is 0. The molecule has 0 aliphatic heterocycles. The molecule has 0 aromatic heterocycles. The summed E-state index contributed by atoms with van der Waals surface area (Å²) in [6.45, 7) is 4.76. The molecule has 1 aromatic rings. The van der Waals surface area contributed by atoms with Crippen LogP contribution < -0.4 is 10.6 Å². The molecule has 5 nitrogen and oxygen atoms in total. The van der Waals surface area contributed by atoms with Gasteiger partial charge < -0.3 is 20.1 Å². The summed E-state index contributed by atoms with van der Waals surface area (Å²) < 4.78 is 23.4. The van der Waals surface area contributed by atoms with Crippen molar-refractivity contribution in [2.24, 2.45) is 4.99 Å². The van der Waals surface area contributed by atoms with Gasteiger partial charge >= 0.3 is 0 Å². The molecule has 0 heterocycles. The third-order valence-corrected chi connectivity index (χ3v) is 2.88. The van der Waals surface area contributed by atoms with Gasteiger partial charge in [-0.15, -0.1) is 24.0 Å². The van der Waals surface area contributed by atoms with E-state index in [9.17, 15) is 4.39 Å². The van der Waals surface area contributed by atoms with Crippen LogP contribution in [0, 0.1) is 12.7 Å². The Kier molecular flexibility index (Phi) is 12.1. The van der Waals surface area contributed by atoms with Gasteiger partial charge in [0.2, 0.25) is 0 Å². The largest absolute Gasteiger partial charge is 0.382 e. The van der Waals surface area contributed by atoms with Crippen LogP contribution >= 0.6 is 24.0 Å². The molecule has 1 aromatic carbocycles. The maximum atomic E-state index is 13.2. The zero-order chi connectivity index (χ0) is 15.5. The molecule has 0 radical (unpaired) electrons. The van der Waals surface area contributed by atoms with Crippen molar-refractivity contribution in [1.82, 2.24) is 10.6 Å². The molecular weight excluding hydrogens is 400 g/mol. The van der Waals surface area contributed by atoms with E-state index in [1.165, 1.54) is 6.07 Å². The van der Waals surface area contributed by atoms with Crippen molar-refractivity contribution in [2.75, 3.05) is 40.5 Å². The highest BCUT2D eigenvalue weighted by Gasteiger charge is 2.01. The molecule has 2 N–H and O–H groups in total. The van der Waals surface area contributed by atoms with E-state index in [0.29, 0.717) is 44.4 Å². The molecule has 0 spiro atoms. The van der Waals surface area contributed by atoms with Crippen LogP contribution in [0.2, 0.25) is 0 Å². The Balaban J connectivity index is 0.00000441. The van der Waals surface area contributed by atoms with Gasteiger partial charge in [-0.2, -0.15) is 0 Å². The fraction of sp³-hybridized carbons (Fsp3) is 0.533. The highest BCUT2D eigenvalue weighted by molar-refractivity contribution is 14.0. The minimum Gasteiger partial charge on any atom is -0.382 e. The number of benzene rings is 1. The van der Waals surface area contributed by atoms with Crippen molar-refractivity contribution in [2.45, 2.75) is 13.5 Å². The Hall–Kier alpha value is -0.930. The zero-order valence-electron chi connectivity index (χ0n) is 13.3. The van der Waals surface area contributed by atoms with Crippen LogP contribution in [0.3, 0.4) is 0 Å². The number of methoxy groups -OCH3 is 1. The first-order valence-electron chi connectivity index (χ1n) is 6.93. The summed E-state index contributed by atoms with van der Waals surface area (Å²) in [5.41, 5.74) is 1.65. The first-order valence-corrected chi connectivity index (χ1v) is 6.93. The van der Waals surface area contributed by atoms with Gasteiger partial charge in [0.05, 0.1) is 19.8 Å². The van der Waals surface area contributed by atoms with Crippen LogP contribution in [0.1, 0.15) is 11.1 Å². The van der Waals surface area contributed by atoms with Crippen molar-refractivity contribution in [1.29, 1.82) is 0 Å². The number of nitrogens with one attached hydrogen (secondary N) is 2. The minimum atomic E-state index is -0.186. The molecule has 22 heavy (non-hydrogen) atoms. The molecule has 0 aliphatic carbocycles. The van der Waals surface area contributed by atoms with Gasteiger partial charge in [0.25, 0.3) is 0 Å². The molecule has 7 heteroatoms. The maximum absolute atomic E-state index is 13.2. The van der Waals surface area contributed by atoms with Crippen molar-refractivity contribution in [3.05, 3.63) is 35.1 Å². The van der Waals surface area contributed by atoms with E-state index in [-0.39, 0.29) is 29.8 Å². The normalized spacial score (nSPS) is 11.0. The van der Waals surface area contributed by atoms with Crippen LogP contribution in [-0.2, 0) is 16.0 Å². The zero-order valence-corrected chi connectivity index (χ0v) is 15.6. The van der Waals surface area contributed by atoms with E-state index in [0.717, 1.165) is 5.56 Å². The predicted molar refractivity (Wildman–Crippen MR) is 97.4 cm³/mol. The predicted octanol–water partition coefficient (Wildman–Crippen LogP) is 2.08. The highest BCUT2D eigenvalue weighted by atomic mass is 127. The highest BCUT2D eigenvalue weighted by Crippen LogP contribution is 2.08. The van der Waals surface area contributed by atoms with Gasteiger partial charge in [-0.3, -0.25) is 4.99 Å². The van der Waals surface area contributed by atoms with E-state index in [4.69, 9.17) is 9.47 Å². The van der Waals surface area contributed by atoms with Crippen molar-refractivity contribution < 1.29 is 13.9 Å². The third-order valence-electron chi connectivity index (χ3n) is 2.88. The number of hydrogen-bond acceptors (Lipinski definition) is 3. The smallest absolute Gasteiger partial charge is 0.191 e. The van der Waals surface area contributed by atoms with Crippen LogP contribution in [0.25, 0.3) is 0 Å². The van der Waals surface area contributed by atoms with Gasteiger partial charge in [-0.1, -0.05) is 12.1 Å². The van der Waals surface area contributed by atoms with Gasteiger partial charge in [-0.25, -0.2) is 4.39 Å². The number of nitrogens with zero attached hydrogens (tertiary/aromatic N) is 1. The Bertz CT molecular complexity index is 458. The molecule has 1 rings (SSSR count). The summed E-state index contributed by atoms with van der Waals surface area (Å²) in [6, 6.07) is 5.06. The molecule has 126 valence electrons. The second-order valence-corrected chi connectivity index (χ2v) is 4.54. The first kappa shape index (κ1) is 21.1. The molecule has 0 unspecified atom stereocenters. The van der Waals surface area contributed by atoms with E-state index in [1.807, 2.05) is 6.07 Å². The van der Waals surface area contributed by atoms with Gasteiger partial charge in [0.15, 0.2) is 5.96 Å². The van der Waals surface area contributed by atoms with E-state index in [1.54, 1.807) is 27.1 Å². The molecule has 0 aliphatic rings. The van der Waals surface area contributed by atoms with Gasteiger partial charge in [-0.05, 0) is 24.1 Å². The number of guanidine groups is 1. The first-order chi connectivity index (χ1) is 10.2. The molecule has 0 saturated heterocycles. The van der Waals surface area contributed by atoms with Crippen LogP contribution in [-0.4, -0.2) is 46.5 Å². The number of ether oxygens (including phenoxy) is 2. The second-order valence-electron chi connectivity index (χ2n) is 4.54. The van der Waals surface area contributed by atoms with Crippen LogP contribution in [0.15, 0.2) is 23.2 Å². The molecule has 0 saturated carbocycles. The maximum Gasteiger partial charge on any atom is 0.191 e. The standard InChI is InChI=1S/C15H24FN3O2.HI/c1-12-10-13(4-5-14(12)16)11-19-15(17-2)18-6-7-21-9-8-20-3;/h4-5,10H,6-9,11H2,1-3H3,(H2,17,18,19);1H. The van der Waals surface area contributed by atoms with Crippen LogP contribution in [0.5, 0.6) is 0 Å². The van der Waals surface area contributed by atoms with Gasteiger partial charge in [0, 0.05) is 27.2 Å². The average Bonchev–Trinajstić information content (AvgIpc) is 2.49. The third kappa shape index (κ3) is 8.50. The van der Waals surface area contributed by atoms with Crippen LogP contribution in [0.4, 0.5) is 4.39 Å². The number of rotatable bonds is 8. The summed E-state index contributed by atoms with van der Waals surface area (Å²) >= 11 is 0.